The van der Waals surface area contributed by atoms with Crippen LogP contribution >= 0.6 is 0 Å². The molecule has 0 radical (unpaired) electrons. The summed E-state index contributed by atoms with van der Waals surface area (Å²) >= 11 is 0. The standard InChI is InChI=1S/C12H18N2O5S/c15-12(14-16)11(9-10-5-2-1-3-6-10)13-7-4-8-20(17,18)19/h1-3,5-6,11,13,16H,4,7-9H2,(H,14,15)(H,17,18,19)/t11-/m0/s1. The molecular weight excluding hydrogens is 284 g/mol. The number of amides is 1. The summed E-state index contributed by atoms with van der Waals surface area (Å²) < 4.78 is 29.7. The van der Waals surface area contributed by atoms with Crippen LogP contribution in [0.5, 0.6) is 0 Å². The molecule has 1 atom stereocenters. The van der Waals surface area contributed by atoms with Crippen LogP contribution in [0.2, 0.25) is 0 Å². The predicted octanol–water partition coefficient (Wildman–Crippen LogP) is -0.0294. The molecule has 0 fully saturated rings. The van der Waals surface area contributed by atoms with Gasteiger partial charge in [-0.15, -0.1) is 0 Å². The van der Waals surface area contributed by atoms with Crippen molar-refractivity contribution in [3.05, 3.63) is 35.9 Å². The Balaban J connectivity index is 2.51. The minimum Gasteiger partial charge on any atom is -0.305 e. The normalized spacial score (nSPS) is 12.9. The largest absolute Gasteiger partial charge is 0.305 e. The highest BCUT2D eigenvalue weighted by molar-refractivity contribution is 7.85. The molecule has 0 bridgehead atoms. The number of rotatable bonds is 8. The molecule has 0 aliphatic heterocycles. The van der Waals surface area contributed by atoms with Crippen LogP contribution < -0.4 is 10.8 Å². The summed E-state index contributed by atoms with van der Waals surface area (Å²) in [5, 5.41) is 11.5. The Kier molecular flexibility index (Phi) is 6.59. The van der Waals surface area contributed by atoms with E-state index in [1.54, 1.807) is 5.48 Å². The summed E-state index contributed by atoms with van der Waals surface area (Å²) in [5.74, 6) is -0.973. The quantitative estimate of drug-likeness (QED) is 0.232. The van der Waals surface area contributed by atoms with Crippen molar-refractivity contribution in [1.29, 1.82) is 0 Å². The maximum Gasteiger partial charge on any atom is 0.264 e. The van der Waals surface area contributed by atoms with E-state index in [1.807, 2.05) is 30.3 Å². The second-order valence-corrected chi connectivity index (χ2v) is 5.88. The number of carbonyl (C=O) groups is 1. The lowest BCUT2D eigenvalue weighted by Gasteiger charge is -2.16. The van der Waals surface area contributed by atoms with Gasteiger partial charge in [-0.05, 0) is 24.9 Å². The molecule has 4 N–H and O–H groups in total. The highest BCUT2D eigenvalue weighted by Gasteiger charge is 2.17. The number of hydrogen-bond donors (Lipinski definition) is 4. The molecule has 0 saturated heterocycles. The third-order valence-electron chi connectivity index (χ3n) is 2.68. The van der Waals surface area contributed by atoms with Crippen LogP contribution in [-0.2, 0) is 21.3 Å². The third-order valence-corrected chi connectivity index (χ3v) is 3.48. The van der Waals surface area contributed by atoms with Crippen molar-refractivity contribution in [1.82, 2.24) is 10.8 Å². The molecular formula is C12H18N2O5S. The van der Waals surface area contributed by atoms with E-state index in [9.17, 15) is 13.2 Å². The first-order valence-corrected chi connectivity index (χ1v) is 7.69. The molecule has 20 heavy (non-hydrogen) atoms. The molecule has 0 unspecified atom stereocenters. The van der Waals surface area contributed by atoms with Gasteiger partial charge in [-0.2, -0.15) is 8.42 Å². The Morgan fingerprint density at radius 2 is 1.90 bits per heavy atom. The van der Waals surface area contributed by atoms with Crippen LogP contribution in [0.4, 0.5) is 0 Å². The molecule has 112 valence electrons. The van der Waals surface area contributed by atoms with Gasteiger partial charge in [-0.1, -0.05) is 30.3 Å². The van der Waals surface area contributed by atoms with Crippen molar-refractivity contribution in [2.75, 3.05) is 12.3 Å². The summed E-state index contributed by atoms with van der Waals surface area (Å²) in [5.41, 5.74) is 2.48. The first-order valence-electron chi connectivity index (χ1n) is 6.09. The molecule has 1 aromatic rings. The van der Waals surface area contributed by atoms with Crippen molar-refractivity contribution in [2.45, 2.75) is 18.9 Å². The smallest absolute Gasteiger partial charge is 0.264 e. The number of hydroxylamine groups is 1. The highest BCUT2D eigenvalue weighted by atomic mass is 32.2. The van der Waals surface area contributed by atoms with Crippen molar-refractivity contribution < 1.29 is 23.0 Å². The lowest BCUT2D eigenvalue weighted by atomic mass is 10.1. The van der Waals surface area contributed by atoms with Crippen LogP contribution in [-0.4, -0.2) is 42.4 Å². The van der Waals surface area contributed by atoms with Gasteiger partial charge in [0.15, 0.2) is 0 Å². The van der Waals surface area contributed by atoms with E-state index in [1.165, 1.54) is 0 Å². The maximum absolute atomic E-state index is 11.5. The number of hydrogen-bond acceptors (Lipinski definition) is 5. The molecule has 0 aromatic heterocycles. The van der Waals surface area contributed by atoms with Gasteiger partial charge in [0.05, 0.1) is 11.8 Å². The zero-order chi connectivity index (χ0) is 15.0. The summed E-state index contributed by atoms with van der Waals surface area (Å²) in [6.07, 6.45) is 0.530. The predicted molar refractivity (Wildman–Crippen MR) is 72.9 cm³/mol. The third kappa shape index (κ3) is 6.62. The van der Waals surface area contributed by atoms with Crippen molar-refractivity contribution in [2.24, 2.45) is 0 Å². The number of nitrogens with one attached hydrogen (secondary N) is 2. The van der Waals surface area contributed by atoms with E-state index in [4.69, 9.17) is 9.76 Å². The molecule has 7 nitrogen and oxygen atoms in total. The van der Waals surface area contributed by atoms with Gasteiger partial charge in [0, 0.05) is 0 Å². The van der Waals surface area contributed by atoms with Crippen molar-refractivity contribution in [3.63, 3.8) is 0 Å². The lowest BCUT2D eigenvalue weighted by molar-refractivity contribution is -0.131. The minimum atomic E-state index is -4.00. The molecule has 1 rings (SSSR count). The topological polar surface area (TPSA) is 116 Å². The van der Waals surface area contributed by atoms with Gasteiger partial charge in [0.1, 0.15) is 0 Å². The molecule has 0 saturated carbocycles. The van der Waals surface area contributed by atoms with Crippen LogP contribution in [0.15, 0.2) is 30.3 Å². The summed E-state index contributed by atoms with van der Waals surface area (Å²) in [7, 11) is -4.00. The van der Waals surface area contributed by atoms with Gasteiger partial charge in [0.25, 0.3) is 16.0 Å². The fourth-order valence-electron chi connectivity index (χ4n) is 1.72. The fraction of sp³-hybridized carbons (Fsp3) is 0.417. The summed E-state index contributed by atoms with van der Waals surface area (Å²) in [4.78, 5) is 11.5. The SMILES string of the molecule is O=C(NO)[C@H](Cc1ccccc1)NCCCS(=O)(=O)O. The van der Waals surface area contributed by atoms with E-state index in [-0.39, 0.29) is 18.7 Å². The van der Waals surface area contributed by atoms with Crippen LogP contribution in [0.1, 0.15) is 12.0 Å². The molecule has 1 amide bonds. The maximum atomic E-state index is 11.5. The molecule has 0 spiro atoms. The molecule has 1 aromatic carbocycles. The Bertz CT molecular complexity index is 518. The van der Waals surface area contributed by atoms with Gasteiger partial charge in [-0.3, -0.25) is 14.6 Å². The van der Waals surface area contributed by atoms with Gasteiger partial charge < -0.3 is 5.32 Å². The second kappa shape index (κ2) is 7.95. The Morgan fingerprint density at radius 3 is 2.45 bits per heavy atom. The zero-order valence-electron chi connectivity index (χ0n) is 10.8. The second-order valence-electron chi connectivity index (χ2n) is 4.31. The Labute approximate surface area is 117 Å². The van der Waals surface area contributed by atoms with Gasteiger partial charge >= 0.3 is 0 Å². The minimum absolute atomic E-state index is 0.169. The fourth-order valence-corrected chi connectivity index (χ4v) is 2.23. The lowest BCUT2D eigenvalue weighted by Crippen LogP contribution is -2.45. The van der Waals surface area contributed by atoms with E-state index in [2.05, 4.69) is 5.32 Å². The number of carbonyl (C=O) groups excluding carboxylic acids is 1. The van der Waals surface area contributed by atoms with Crippen LogP contribution in [0.25, 0.3) is 0 Å². The van der Waals surface area contributed by atoms with Gasteiger partial charge in [-0.25, -0.2) is 5.48 Å². The van der Waals surface area contributed by atoms with Gasteiger partial charge in [0.2, 0.25) is 0 Å². The monoisotopic (exact) mass is 302 g/mol. The number of benzene rings is 1. The van der Waals surface area contributed by atoms with Crippen molar-refractivity contribution >= 4 is 16.0 Å². The molecule has 0 aliphatic rings. The first kappa shape index (κ1) is 16.6. The van der Waals surface area contributed by atoms with E-state index in [0.29, 0.717) is 6.42 Å². The van der Waals surface area contributed by atoms with Crippen LogP contribution in [0, 0.1) is 0 Å². The molecule has 0 aliphatic carbocycles. The average molecular weight is 302 g/mol. The van der Waals surface area contributed by atoms with Crippen molar-refractivity contribution in [3.8, 4) is 0 Å². The van der Waals surface area contributed by atoms with E-state index >= 15 is 0 Å². The van der Waals surface area contributed by atoms with E-state index in [0.717, 1.165) is 5.56 Å². The Morgan fingerprint density at radius 1 is 1.25 bits per heavy atom. The molecule has 8 heteroatoms. The van der Waals surface area contributed by atoms with Crippen LogP contribution in [0.3, 0.4) is 0 Å². The average Bonchev–Trinajstić information content (AvgIpc) is 2.41. The highest BCUT2D eigenvalue weighted by Crippen LogP contribution is 2.03. The summed E-state index contributed by atoms with van der Waals surface area (Å²) in [6.45, 7) is 0.227. The zero-order valence-corrected chi connectivity index (χ0v) is 11.6. The Hall–Kier alpha value is -1.48. The first-order chi connectivity index (χ1) is 9.42. The van der Waals surface area contributed by atoms with E-state index < -0.39 is 22.1 Å². The molecule has 0 heterocycles. The summed E-state index contributed by atoms with van der Waals surface area (Å²) in [6, 6.07) is 8.53.